The summed E-state index contributed by atoms with van der Waals surface area (Å²) in [7, 11) is 0. The van der Waals surface area contributed by atoms with E-state index in [1.165, 1.54) is 18.2 Å². The normalized spacial score (nSPS) is 26.5. The number of amides is 1. The van der Waals surface area contributed by atoms with Gasteiger partial charge in [0, 0.05) is 25.2 Å². The number of hydrogen-bond donors (Lipinski definition) is 1. The summed E-state index contributed by atoms with van der Waals surface area (Å²) in [6.07, 6.45) is 2.16. The maximum atomic E-state index is 13.0. The molecule has 0 spiro atoms. The fraction of sp³-hybridized carbons (Fsp3) is 0.533. The Morgan fingerprint density at radius 1 is 1.41 bits per heavy atom. The van der Waals surface area contributed by atoms with Crippen LogP contribution >= 0.6 is 24.0 Å². The Morgan fingerprint density at radius 3 is 2.86 bits per heavy atom. The number of rotatable bonds is 3. The van der Waals surface area contributed by atoms with Crippen LogP contribution < -0.4 is 10.5 Å². The van der Waals surface area contributed by atoms with E-state index in [2.05, 4.69) is 0 Å². The molecule has 1 amide bonds. The first kappa shape index (κ1) is 17.3. The summed E-state index contributed by atoms with van der Waals surface area (Å²) in [6.45, 7) is 1.43. The number of carbonyl (C=O) groups is 1. The molecule has 3 rings (SSSR count). The molecule has 122 valence electrons. The molecule has 1 aromatic rings. The minimum absolute atomic E-state index is 0. The number of nitrogens with zero attached hydrogens (tertiary/aromatic N) is 1. The Kier molecular flexibility index (Phi) is 5.53. The average Bonchev–Trinajstić information content (AvgIpc) is 3.02. The van der Waals surface area contributed by atoms with Crippen molar-refractivity contribution in [3.63, 3.8) is 0 Å². The van der Waals surface area contributed by atoms with Crippen LogP contribution in [0.1, 0.15) is 12.8 Å². The lowest BCUT2D eigenvalue weighted by molar-refractivity contribution is -0.132. The Morgan fingerprint density at radius 2 is 2.18 bits per heavy atom. The molecule has 2 N–H and O–H groups in total. The third-order valence-corrected chi connectivity index (χ3v) is 4.81. The van der Waals surface area contributed by atoms with Gasteiger partial charge in [-0.05, 0) is 36.8 Å². The molecule has 7 heteroatoms. The topological polar surface area (TPSA) is 55.6 Å². The zero-order valence-corrected chi connectivity index (χ0v) is 13.6. The SMILES string of the molecule is Cl.NC1CCC2CN(C(=O)COc3ccc(F)c(Cl)c3)CC12. The predicted octanol–water partition coefficient (Wildman–Crippen LogP) is 2.48. The van der Waals surface area contributed by atoms with E-state index in [1.807, 2.05) is 4.90 Å². The van der Waals surface area contributed by atoms with Crippen molar-refractivity contribution >= 4 is 29.9 Å². The molecule has 2 fully saturated rings. The zero-order chi connectivity index (χ0) is 15.0. The van der Waals surface area contributed by atoms with Gasteiger partial charge < -0.3 is 15.4 Å². The van der Waals surface area contributed by atoms with Gasteiger partial charge in [0.05, 0.1) is 5.02 Å². The van der Waals surface area contributed by atoms with Crippen molar-refractivity contribution in [3.8, 4) is 5.75 Å². The number of nitrogens with two attached hydrogens (primary N) is 1. The highest BCUT2D eigenvalue weighted by atomic mass is 35.5. The third-order valence-electron chi connectivity index (χ3n) is 4.52. The number of hydrogen-bond acceptors (Lipinski definition) is 3. The molecule has 4 nitrogen and oxygen atoms in total. The summed E-state index contributed by atoms with van der Waals surface area (Å²) in [4.78, 5) is 14.0. The van der Waals surface area contributed by atoms with Gasteiger partial charge in [-0.25, -0.2) is 4.39 Å². The van der Waals surface area contributed by atoms with E-state index >= 15 is 0 Å². The van der Waals surface area contributed by atoms with Crippen molar-refractivity contribution < 1.29 is 13.9 Å². The van der Waals surface area contributed by atoms with Gasteiger partial charge >= 0.3 is 0 Å². The molecule has 3 unspecified atom stereocenters. The van der Waals surface area contributed by atoms with Gasteiger partial charge in [0.25, 0.3) is 5.91 Å². The smallest absolute Gasteiger partial charge is 0.260 e. The monoisotopic (exact) mass is 348 g/mol. The molecule has 0 radical (unpaired) electrons. The number of likely N-dealkylation sites (tertiary alicyclic amines) is 1. The number of benzene rings is 1. The van der Waals surface area contributed by atoms with Crippen LogP contribution in [0.2, 0.25) is 5.02 Å². The Hall–Kier alpha value is -1.04. The highest BCUT2D eigenvalue weighted by Crippen LogP contribution is 2.37. The standard InChI is InChI=1S/C15H18ClFN2O2.ClH/c16-12-5-10(2-3-13(12)17)21-8-15(20)19-6-9-1-4-14(18)11(9)7-19;/h2-3,5,9,11,14H,1,4,6-8,18H2;1H. The van der Waals surface area contributed by atoms with Crippen LogP contribution in [0.4, 0.5) is 4.39 Å². The Bertz CT molecular complexity index is 558. The fourth-order valence-electron chi connectivity index (χ4n) is 3.31. The van der Waals surface area contributed by atoms with E-state index in [-0.39, 0.29) is 36.0 Å². The van der Waals surface area contributed by atoms with Crippen LogP contribution in [-0.4, -0.2) is 36.5 Å². The van der Waals surface area contributed by atoms with Gasteiger partial charge in [0.2, 0.25) is 0 Å². The van der Waals surface area contributed by atoms with Crippen LogP contribution in [0.15, 0.2) is 18.2 Å². The lowest BCUT2D eigenvalue weighted by Crippen LogP contribution is -2.36. The van der Waals surface area contributed by atoms with Gasteiger partial charge in [-0.15, -0.1) is 12.4 Å². The summed E-state index contributed by atoms with van der Waals surface area (Å²) in [5.41, 5.74) is 6.06. The minimum Gasteiger partial charge on any atom is -0.484 e. The van der Waals surface area contributed by atoms with Crippen LogP contribution in [0.3, 0.4) is 0 Å². The highest BCUT2D eigenvalue weighted by molar-refractivity contribution is 6.30. The number of ether oxygens (including phenoxy) is 1. The Labute approximate surface area is 140 Å². The van der Waals surface area contributed by atoms with E-state index < -0.39 is 5.82 Å². The van der Waals surface area contributed by atoms with E-state index in [1.54, 1.807) is 0 Å². The van der Waals surface area contributed by atoms with Crippen molar-refractivity contribution in [2.24, 2.45) is 17.6 Å². The second-order valence-corrected chi connectivity index (χ2v) is 6.24. The first-order valence-electron chi connectivity index (χ1n) is 7.16. The summed E-state index contributed by atoms with van der Waals surface area (Å²) >= 11 is 5.67. The van der Waals surface area contributed by atoms with Crippen LogP contribution in [0.25, 0.3) is 0 Å². The summed E-state index contributed by atoms with van der Waals surface area (Å²) < 4.78 is 18.4. The predicted molar refractivity (Wildman–Crippen MR) is 84.9 cm³/mol. The molecule has 1 aliphatic carbocycles. The molecule has 0 aromatic heterocycles. The van der Waals surface area contributed by atoms with Gasteiger partial charge in [-0.1, -0.05) is 11.6 Å². The number of halogens is 3. The molecule has 1 saturated carbocycles. The van der Waals surface area contributed by atoms with E-state index in [9.17, 15) is 9.18 Å². The maximum Gasteiger partial charge on any atom is 0.260 e. The van der Waals surface area contributed by atoms with Crippen molar-refractivity contribution in [1.29, 1.82) is 0 Å². The van der Waals surface area contributed by atoms with Crippen LogP contribution in [-0.2, 0) is 4.79 Å². The molecular formula is C15H19Cl2FN2O2. The molecule has 2 aliphatic rings. The molecule has 1 aromatic carbocycles. The fourth-order valence-corrected chi connectivity index (χ4v) is 3.48. The molecule has 1 aliphatic heterocycles. The second-order valence-electron chi connectivity index (χ2n) is 5.83. The van der Waals surface area contributed by atoms with Gasteiger partial charge in [0.15, 0.2) is 6.61 Å². The van der Waals surface area contributed by atoms with Crippen molar-refractivity contribution in [2.45, 2.75) is 18.9 Å². The summed E-state index contributed by atoms with van der Waals surface area (Å²) in [5.74, 6) is 0.790. The lowest BCUT2D eigenvalue weighted by atomic mass is 9.98. The zero-order valence-electron chi connectivity index (χ0n) is 12.0. The molecule has 22 heavy (non-hydrogen) atoms. The van der Waals surface area contributed by atoms with Crippen molar-refractivity contribution in [2.75, 3.05) is 19.7 Å². The molecular weight excluding hydrogens is 330 g/mol. The van der Waals surface area contributed by atoms with Crippen molar-refractivity contribution in [1.82, 2.24) is 4.90 Å². The average molecular weight is 349 g/mol. The first-order chi connectivity index (χ1) is 10.0. The third kappa shape index (κ3) is 3.47. The maximum absolute atomic E-state index is 13.0. The van der Waals surface area contributed by atoms with Crippen LogP contribution in [0.5, 0.6) is 5.75 Å². The number of fused-ring (bicyclic) bond motifs is 1. The molecule has 1 heterocycles. The number of carbonyl (C=O) groups excluding carboxylic acids is 1. The van der Waals surface area contributed by atoms with E-state index in [0.29, 0.717) is 17.6 Å². The summed E-state index contributed by atoms with van der Waals surface area (Å²) in [6, 6.07) is 4.27. The van der Waals surface area contributed by atoms with E-state index in [4.69, 9.17) is 22.1 Å². The minimum atomic E-state index is -0.503. The molecule has 3 atom stereocenters. The largest absolute Gasteiger partial charge is 0.484 e. The van der Waals surface area contributed by atoms with Gasteiger partial charge in [-0.3, -0.25) is 4.79 Å². The van der Waals surface area contributed by atoms with Gasteiger partial charge in [0.1, 0.15) is 11.6 Å². The molecule has 0 bridgehead atoms. The van der Waals surface area contributed by atoms with Gasteiger partial charge in [-0.2, -0.15) is 0 Å². The van der Waals surface area contributed by atoms with E-state index in [0.717, 1.165) is 25.9 Å². The molecule has 1 saturated heterocycles. The lowest BCUT2D eigenvalue weighted by Gasteiger charge is -2.19. The van der Waals surface area contributed by atoms with Crippen LogP contribution in [0, 0.1) is 17.7 Å². The first-order valence-corrected chi connectivity index (χ1v) is 7.53. The highest BCUT2D eigenvalue weighted by Gasteiger charge is 2.42. The Balaban J connectivity index is 0.00000176. The second kappa shape index (κ2) is 7.02. The summed E-state index contributed by atoms with van der Waals surface area (Å²) in [5, 5.41) is -0.0124. The van der Waals surface area contributed by atoms with Crippen molar-refractivity contribution in [3.05, 3.63) is 29.0 Å². The quantitative estimate of drug-likeness (QED) is 0.912.